The second-order valence-corrected chi connectivity index (χ2v) is 6.43. The molecule has 1 unspecified atom stereocenters. The molecule has 1 aromatic carbocycles. The van der Waals surface area contributed by atoms with Crippen LogP contribution < -0.4 is 11.1 Å². The van der Waals surface area contributed by atoms with Gasteiger partial charge in [-0.3, -0.25) is 9.89 Å². The maximum absolute atomic E-state index is 12.1. The van der Waals surface area contributed by atoms with E-state index in [1.54, 1.807) is 0 Å². The van der Waals surface area contributed by atoms with Gasteiger partial charge >= 0.3 is 0 Å². The number of H-pyrrole nitrogens is 1. The number of hydrogen-bond donors (Lipinski definition) is 3. The van der Waals surface area contributed by atoms with Gasteiger partial charge in [0.15, 0.2) is 0 Å². The fourth-order valence-electron chi connectivity index (χ4n) is 3.90. The van der Waals surface area contributed by atoms with Gasteiger partial charge < -0.3 is 11.1 Å². The van der Waals surface area contributed by atoms with Crippen molar-refractivity contribution in [1.82, 2.24) is 10.2 Å². The van der Waals surface area contributed by atoms with E-state index in [2.05, 4.69) is 21.6 Å². The third kappa shape index (κ3) is 2.21. The molecule has 110 valence electrons. The number of fused-ring (bicyclic) bond motifs is 2. The molecule has 1 aliphatic heterocycles. The van der Waals surface area contributed by atoms with Crippen LogP contribution >= 0.6 is 0 Å². The van der Waals surface area contributed by atoms with E-state index < -0.39 is 0 Å². The summed E-state index contributed by atoms with van der Waals surface area (Å²) in [4.78, 5) is 12.1. The molecule has 1 atom stereocenters. The van der Waals surface area contributed by atoms with Crippen LogP contribution in [0.2, 0.25) is 0 Å². The van der Waals surface area contributed by atoms with E-state index in [0.717, 1.165) is 42.3 Å². The largest absolute Gasteiger partial charge is 0.328 e. The molecule has 5 heteroatoms. The maximum Gasteiger partial charge on any atom is 0.225 e. The molecule has 0 spiro atoms. The maximum atomic E-state index is 12.1. The molecule has 1 aliphatic carbocycles. The standard InChI is InChI=1S/C16H20N4O/c17-11-3-1-9(2-4-11)12-6-16(21)19-15-7-14-10(5-13(12)15)8-18-20-14/h5,7-9,11-12H,1-4,6,17H2,(H,18,20)(H,19,21). The Hall–Kier alpha value is -1.88. The number of nitrogens with two attached hydrogens (primary N) is 1. The van der Waals surface area contributed by atoms with E-state index in [-0.39, 0.29) is 5.91 Å². The molecule has 2 heterocycles. The van der Waals surface area contributed by atoms with Gasteiger partial charge in [-0.2, -0.15) is 5.10 Å². The van der Waals surface area contributed by atoms with Crippen molar-refractivity contribution in [3.63, 3.8) is 0 Å². The smallest absolute Gasteiger partial charge is 0.225 e. The van der Waals surface area contributed by atoms with Gasteiger partial charge in [0.05, 0.1) is 11.7 Å². The Labute approximate surface area is 123 Å². The number of anilines is 1. The monoisotopic (exact) mass is 284 g/mol. The van der Waals surface area contributed by atoms with Crippen molar-refractivity contribution in [2.45, 2.75) is 44.1 Å². The molecule has 4 N–H and O–H groups in total. The lowest BCUT2D eigenvalue weighted by molar-refractivity contribution is -0.117. The Balaban J connectivity index is 1.73. The van der Waals surface area contributed by atoms with Crippen LogP contribution in [-0.2, 0) is 4.79 Å². The van der Waals surface area contributed by atoms with Gasteiger partial charge in [0, 0.05) is 23.5 Å². The summed E-state index contributed by atoms with van der Waals surface area (Å²) in [6.07, 6.45) is 6.85. The van der Waals surface area contributed by atoms with Crippen molar-refractivity contribution in [3.8, 4) is 0 Å². The number of carbonyl (C=O) groups excluding carboxylic acids is 1. The SMILES string of the molecule is NC1CCC(C2CC(=O)Nc3cc4[nH]ncc4cc32)CC1. The van der Waals surface area contributed by atoms with E-state index >= 15 is 0 Å². The summed E-state index contributed by atoms with van der Waals surface area (Å²) in [5, 5.41) is 11.2. The van der Waals surface area contributed by atoms with Crippen LogP contribution in [0.3, 0.4) is 0 Å². The highest BCUT2D eigenvalue weighted by atomic mass is 16.1. The van der Waals surface area contributed by atoms with Crippen molar-refractivity contribution in [3.05, 3.63) is 23.9 Å². The van der Waals surface area contributed by atoms with Crippen LogP contribution in [-0.4, -0.2) is 22.1 Å². The lowest BCUT2D eigenvalue weighted by Crippen LogP contribution is -2.32. The topological polar surface area (TPSA) is 83.8 Å². The molecule has 1 saturated carbocycles. The molecule has 1 amide bonds. The highest BCUT2D eigenvalue weighted by Crippen LogP contribution is 2.44. The van der Waals surface area contributed by atoms with E-state index in [1.165, 1.54) is 5.56 Å². The Bertz CT molecular complexity index is 685. The van der Waals surface area contributed by atoms with Crippen LogP contribution in [0, 0.1) is 5.92 Å². The number of hydrogen-bond acceptors (Lipinski definition) is 3. The summed E-state index contributed by atoms with van der Waals surface area (Å²) in [6, 6.07) is 4.54. The zero-order chi connectivity index (χ0) is 14.4. The Morgan fingerprint density at radius 2 is 2.00 bits per heavy atom. The molecule has 4 rings (SSSR count). The first-order valence-corrected chi connectivity index (χ1v) is 7.73. The molecular weight excluding hydrogens is 264 g/mol. The quantitative estimate of drug-likeness (QED) is 0.752. The summed E-state index contributed by atoms with van der Waals surface area (Å²) < 4.78 is 0. The highest BCUT2D eigenvalue weighted by Gasteiger charge is 2.33. The number of nitrogens with one attached hydrogen (secondary N) is 2. The van der Waals surface area contributed by atoms with Gasteiger partial charge in [-0.15, -0.1) is 0 Å². The van der Waals surface area contributed by atoms with Gasteiger partial charge in [-0.05, 0) is 55.2 Å². The minimum Gasteiger partial charge on any atom is -0.328 e. The molecule has 2 aliphatic rings. The van der Waals surface area contributed by atoms with E-state index in [0.29, 0.717) is 24.3 Å². The lowest BCUT2D eigenvalue weighted by atomic mass is 9.72. The third-order valence-electron chi connectivity index (χ3n) is 5.07. The number of benzene rings is 1. The number of rotatable bonds is 1. The molecule has 5 nitrogen and oxygen atoms in total. The van der Waals surface area contributed by atoms with Crippen molar-refractivity contribution in [2.24, 2.45) is 11.7 Å². The van der Waals surface area contributed by atoms with Crippen molar-refractivity contribution in [2.75, 3.05) is 5.32 Å². The van der Waals surface area contributed by atoms with Gasteiger partial charge in [0.1, 0.15) is 0 Å². The van der Waals surface area contributed by atoms with E-state index in [1.807, 2.05) is 12.3 Å². The average Bonchev–Trinajstić information content (AvgIpc) is 2.92. The minimum atomic E-state index is 0.126. The first-order valence-electron chi connectivity index (χ1n) is 7.73. The first kappa shape index (κ1) is 12.8. The van der Waals surface area contributed by atoms with Crippen LogP contribution in [0.5, 0.6) is 0 Å². The zero-order valence-electron chi connectivity index (χ0n) is 11.9. The van der Waals surface area contributed by atoms with Crippen LogP contribution in [0.15, 0.2) is 18.3 Å². The van der Waals surface area contributed by atoms with Gasteiger partial charge in [0.2, 0.25) is 5.91 Å². The first-order chi connectivity index (χ1) is 10.2. The molecule has 0 saturated heterocycles. The number of aromatic nitrogens is 2. The number of carbonyl (C=O) groups is 1. The summed E-state index contributed by atoms with van der Waals surface area (Å²) in [5.41, 5.74) is 9.20. The molecule has 2 aromatic rings. The minimum absolute atomic E-state index is 0.126. The molecule has 0 radical (unpaired) electrons. The number of aromatic amines is 1. The van der Waals surface area contributed by atoms with Gasteiger partial charge in [-0.25, -0.2) is 0 Å². The molecule has 21 heavy (non-hydrogen) atoms. The summed E-state index contributed by atoms with van der Waals surface area (Å²) in [6.45, 7) is 0. The second-order valence-electron chi connectivity index (χ2n) is 6.43. The normalized spacial score (nSPS) is 29.2. The van der Waals surface area contributed by atoms with Crippen molar-refractivity contribution < 1.29 is 4.79 Å². The van der Waals surface area contributed by atoms with Gasteiger partial charge in [0.25, 0.3) is 0 Å². The lowest BCUT2D eigenvalue weighted by Gasteiger charge is -2.36. The summed E-state index contributed by atoms with van der Waals surface area (Å²) in [5.74, 6) is 1.01. The predicted molar refractivity (Wildman–Crippen MR) is 82.0 cm³/mol. The van der Waals surface area contributed by atoms with Gasteiger partial charge in [-0.1, -0.05) is 0 Å². The predicted octanol–water partition coefficient (Wildman–Crippen LogP) is 2.51. The molecular formula is C16H20N4O. The molecule has 0 bridgehead atoms. The molecule has 1 fully saturated rings. The van der Waals surface area contributed by atoms with Crippen molar-refractivity contribution >= 4 is 22.5 Å². The third-order valence-corrected chi connectivity index (χ3v) is 5.07. The van der Waals surface area contributed by atoms with Crippen molar-refractivity contribution in [1.29, 1.82) is 0 Å². The second kappa shape index (κ2) is 4.84. The summed E-state index contributed by atoms with van der Waals surface area (Å²) in [7, 11) is 0. The van der Waals surface area contributed by atoms with Crippen LogP contribution in [0.1, 0.15) is 43.6 Å². The Morgan fingerprint density at radius 3 is 2.81 bits per heavy atom. The molecule has 1 aromatic heterocycles. The van der Waals surface area contributed by atoms with Crippen LogP contribution in [0.25, 0.3) is 10.9 Å². The van der Waals surface area contributed by atoms with E-state index in [4.69, 9.17) is 5.73 Å². The zero-order valence-corrected chi connectivity index (χ0v) is 11.9. The fraction of sp³-hybridized carbons (Fsp3) is 0.500. The Kier molecular flexibility index (Phi) is 2.96. The summed E-state index contributed by atoms with van der Waals surface area (Å²) >= 11 is 0. The fourth-order valence-corrected chi connectivity index (χ4v) is 3.90. The number of nitrogens with zero attached hydrogens (tertiary/aromatic N) is 1. The Morgan fingerprint density at radius 1 is 1.19 bits per heavy atom. The van der Waals surface area contributed by atoms with E-state index in [9.17, 15) is 4.79 Å². The highest BCUT2D eigenvalue weighted by molar-refractivity contribution is 5.98. The number of amides is 1. The van der Waals surface area contributed by atoms with Crippen LogP contribution in [0.4, 0.5) is 5.69 Å². The average molecular weight is 284 g/mol.